The summed E-state index contributed by atoms with van der Waals surface area (Å²) in [5.41, 5.74) is 0.464. The maximum atomic E-state index is 5.90. The fraction of sp³-hybridized carbons (Fsp3) is 0.545. The van der Waals surface area contributed by atoms with Crippen LogP contribution in [0.25, 0.3) is 0 Å². The number of pyridine rings is 1. The molecule has 0 amide bonds. The topological polar surface area (TPSA) is 94.3 Å². The maximum Gasteiger partial charge on any atom is 0.494 e. The fourth-order valence-corrected chi connectivity index (χ4v) is 1.50. The van der Waals surface area contributed by atoms with Crippen LogP contribution in [0, 0.1) is 0 Å². The molecule has 6 heteroatoms. The van der Waals surface area contributed by atoms with Gasteiger partial charge in [0.2, 0.25) is 0 Å². The summed E-state index contributed by atoms with van der Waals surface area (Å²) < 4.78 is 11.8. The lowest BCUT2D eigenvalue weighted by molar-refractivity contribution is 0.00578. The standard InChI is InChI=1S/C11H16BNO2.2H2O/c1-10(2)11(3,4)15-12(14-10)9-5-7-13-8-6-9;;/h5-8H,1-4H3;2*1H2. The van der Waals surface area contributed by atoms with Crippen molar-refractivity contribution < 1.29 is 20.3 Å². The van der Waals surface area contributed by atoms with Crippen LogP contribution in [0.4, 0.5) is 0 Å². The summed E-state index contributed by atoms with van der Waals surface area (Å²) in [5.74, 6) is 0. The van der Waals surface area contributed by atoms with Crippen molar-refractivity contribution in [1.82, 2.24) is 4.98 Å². The van der Waals surface area contributed by atoms with E-state index >= 15 is 0 Å². The van der Waals surface area contributed by atoms with Gasteiger partial charge in [0.1, 0.15) is 0 Å². The molecule has 1 fully saturated rings. The molecule has 4 N–H and O–H groups in total. The molecule has 0 aliphatic carbocycles. The van der Waals surface area contributed by atoms with Gasteiger partial charge in [0.15, 0.2) is 0 Å². The molecule has 1 aromatic heterocycles. The highest BCUT2D eigenvalue weighted by Gasteiger charge is 2.51. The van der Waals surface area contributed by atoms with Crippen molar-refractivity contribution in [1.29, 1.82) is 0 Å². The molecule has 0 saturated carbocycles. The average Bonchev–Trinajstić information content (AvgIpc) is 2.38. The highest BCUT2D eigenvalue weighted by Crippen LogP contribution is 2.36. The zero-order valence-corrected chi connectivity index (χ0v) is 10.7. The molecule has 0 unspecified atom stereocenters. The van der Waals surface area contributed by atoms with Gasteiger partial charge in [0.25, 0.3) is 0 Å². The first kappa shape index (κ1) is 16.1. The first-order chi connectivity index (χ1) is 6.92. The predicted octanol–water partition coefficient (Wildman–Crippen LogP) is -0.269. The normalized spacial score (nSPS) is 20.4. The lowest BCUT2D eigenvalue weighted by Crippen LogP contribution is -2.41. The second-order valence-corrected chi connectivity index (χ2v) is 4.87. The second-order valence-electron chi connectivity index (χ2n) is 4.87. The Hall–Kier alpha value is -0.945. The summed E-state index contributed by atoms with van der Waals surface area (Å²) in [5, 5.41) is 0. The lowest BCUT2D eigenvalue weighted by Gasteiger charge is -2.32. The van der Waals surface area contributed by atoms with Crippen LogP contribution in [0.15, 0.2) is 24.5 Å². The Morgan fingerprint density at radius 2 is 1.35 bits per heavy atom. The van der Waals surface area contributed by atoms with E-state index in [1.807, 2.05) is 39.8 Å². The van der Waals surface area contributed by atoms with Crippen molar-refractivity contribution in [2.45, 2.75) is 38.9 Å². The predicted molar refractivity (Wildman–Crippen MR) is 67.2 cm³/mol. The smallest absolute Gasteiger partial charge is 0.412 e. The van der Waals surface area contributed by atoms with Crippen LogP contribution in [-0.2, 0) is 9.31 Å². The van der Waals surface area contributed by atoms with E-state index < -0.39 is 0 Å². The van der Waals surface area contributed by atoms with Crippen molar-refractivity contribution in [2.75, 3.05) is 0 Å². The Bertz CT molecular complexity index is 340. The van der Waals surface area contributed by atoms with E-state index in [9.17, 15) is 0 Å². The first-order valence-corrected chi connectivity index (χ1v) is 5.18. The van der Waals surface area contributed by atoms with Gasteiger partial charge in [-0.05, 0) is 45.3 Å². The van der Waals surface area contributed by atoms with Crippen molar-refractivity contribution in [3.8, 4) is 0 Å². The third-order valence-corrected chi connectivity index (χ3v) is 3.23. The van der Waals surface area contributed by atoms with E-state index in [0.717, 1.165) is 5.46 Å². The van der Waals surface area contributed by atoms with Gasteiger partial charge in [0, 0.05) is 12.4 Å². The number of nitrogens with zero attached hydrogens (tertiary/aromatic N) is 1. The molecule has 96 valence electrons. The van der Waals surface area contributed by atoms with Gasteiger partial charge in [0.05, 0.1) is 11.2 Å². The first-order valence-electron chi connectivity index (χ1n) is 5.18. The van der Waals surface area contributed by atoms with Gasteiger partial charge in [-0.1, -0.05) is 0 Å². The quantitative estimate of drug-likeness (QED) is 0.633. The molecule has 0 aromatic carbocycles. The summed E-state index contributed by atoms with van der Waals surface area (Å²) in [4.78, 5) is 3.98. The number of aromatic nitrogens is 1. The van der Waals surface area contributed by atoms with Gasteiger partial charge in [-0.25, -0.2) is 0 Å². The van der Waals surface area contributed by atoms with E-state index in [-0.39, 0.29) is 29.3 Å². The minimum absolute atomic E-state index is 0. The van der Waals surface area contributed by atoms with E-state index in [1.54, 1.807) is 12.4 Å². The van der Waals surface area contributed by atoms with Crippen LogP contribution in [0.3, 0.4) is 0 Å². The molecule has 0 spiro atoms. The van der Waals surface area contributed by atoms with E-state index in [4.69, 9.17) is 9.31 Å². The van der Waals surface area contributed by atoms with Gasteiger partial charge < -0.3 is 20.3 Å². The molecule has 5 nitrogen and oxygen atoms in total. The average molecular weight is 241 g/mol. The third kappa shape index (κ3) is 2.84. The Labute approximate surface area is 102 Å². The van der Waals surface area contributed by atoms with Gasteiger partial charge >= 0.3 is 7.12 Å². The number of hydrogen-bond acceptors (Lipinski definition) is 3. The molecular weight excluding hydrogens is 221 g/mol. The maximum absolute atomic E-state index is 5.90. The summed E-state index contributed by atoms with van der Waals surface area (Å²) in [6, 6.07) is 3.84. The van der Waals surface area contributed by atoms with Crippen LogP contribution in [0.2, 0.25) is 0 Å². The third-order valence-electron chi connectivity index (χ3n) is 3.23. The molecule has 2 rings (SSSR count). The Morgan fingerprint density at radius 3 is 1.76 bits per heavy atom. The number of rotatable bonds is 1. The molecule has 1 aromatic rings. The molecule has 1 saturated heterocycles. The fourth-order valence-electron chi connectivity index (χ4n) is 1.50. The molecule has 0 radical (unpaired) electrons. The Morgan fingerprint density at radius 1 is 0.941 bits per heavy atom. The molecule has 2 heterocycles. The van der Waals surface area contributed by atoms with Crippen molar-refractivity contribution in [3.63, 3.8) is 0 Å². The van der Waals surface area contributed by atoms with Gasteiger partial charge in [-0.15, -0.1) is 0 Å². The zero-order chi connectivity index (χ0) is 11.1. The second kappa shape index (κ2) is 5.14. The van der Waals surface area contributed by atoms with Crippen molar-refractivity contribution in [3.05, 3.63) is 24.5 Å². The van der Waals surface area contributed by atoms with E-state index in [2.05, 4.69) is 4.98 Å². The SMILES string of the molecule is CC1(C)OB(c2ccncc2)OC1(C)C.O.O. The summed E-state index contributed by atoms with van der Waals surface area (Å²) in [7, 11) is -0.280. The van der Waals surface area contributed by atoms with E-state index in [1.165, 1.54) is 0 Å². The molecule has 17 heavy (non-hydrogen) atoms. The molecular formula is C11H20BNO4. The zero-order valence-electron chi connectivity index (χ0n) is 10.7. The Balaban J connectivity index is 0.00000128. The van der Waals surface area contributed by atoms with Gasteiger partial charge in [-0.2, -0.15) is 0 Å². The minimum atomic E-state index is -0.280. The van der Waals surface area contributed by atoms with Gasteiger partial charge in [-0.3, -0.25) is 4.98 Å². The summed E-state index contributed by atoms with van der Waals surface area (Å²) in [6.45, 7) is 8.20. The molecule has 1 aliphatic heterocycles. The summed E-state index contributed by atoms with van der Waals surface area (Å²) in [6.07, 6.45) is 3.50. The highest BCUT2D eigenvalue weighted by atomic mass is 16.7. The van der Waals surface area contributed by atoms with Crippen molar-refractivity contribution in [2.24, 2.45) is 0 Å². The Kier molecular flexibility index (Phi) is 4.85. The molecule has 0 atom stereocenters. The van der Waals surface area contributed by atoms with Crippen LogP contribution < -0.4 is 5.46 Å². The lowest BCUT2D eigenvalue weighted by atomic mass is 9.80. The van der Waals surface area contributed by atoms with Crippen LogP contribution in [0.5, 0.6) is 0 Å². The molecule has 0 bridgehead atoms. The summed E-state index contributed by atoms with van der Waals surface area (Å²) >= 11 is 0. The number of hydrogen-bond donors (Lipinski definition) is 0. The van der Waals surface area contributed by atoms with Crippen molar-refractivity contribution >= 4 is 12.6 Å². The highest BCUT2D eigenvalue weighted by molar-refractivity contribution is 6.62. The molecule has 1 aliphatic rings. The minimum Gasteiger partial charge on any atom is -0.412 e. The van der Waals surface area contributed by atoms with Crippen LogP contribution in [-0.4, -0.2) is 34.3 Å². The monoisotopic (exact) mass is 241 g/mol. The van der Waals surface area contributed by atoms with Crippen LogP contribution >= 0.6 is 0 Å². The van der Waals surface area contributed by atoms with E-state index in [0.29, 0.717) is 0 Å². The largest absolute Gasteiger partial charge is 0.494 e. The van der Waals surface area contributed by atoms with Crippen LogP contribution in [0.1, 0.15) is 27.7 Å².